The molecule has 5 heteroatoms. The molecular formula is C10H14CuF2OP. The van der Waals surface area contributed by atoms with E-state index >= 15 is 0 Å². The summed E-state index contributed by atoms with van der Waals surface area (Å²) in [4.78, 5) is 0. The van der Waals surface area contributed by atoms with Crippen LogP contribution in [0.1, 0.15) is 20.8 Å². The molecule has 0 aliphatic heterocycles. The third-order valence-corrected chi connectivity index (χ3v) is 2.40. The second kappa shape index (κ2) is 7.29. The molecule has 0 unspecified atom stereocenters. The van der Waals surface area contributed by atoms with Crippen LogP contribution < -0.4 is 5.30 Å². The summed E-state index contributed by atoms with van der Waals surface area (Å²) in [6.07, 6.45) is 0. The standard InChI is InChI=1S/C6H5F2P.C4H9O.Cu/c7-9(8)6-4-2-1-3-5-6;1-4(2,3)5;/h1-5H;1-3H3;/q;-1;+1. The summed E-state index contributed by atoms with van der Waals surface area (Å²) in [7, 11) is -2.90. The van der Waals surface area contributed by atoms with Crippen molar-refractivity contribution in [3.63, 3.8) is 0 Å². The first-order valence-electron chi connectivity index (χ1n) is 4.30. The molecule has 0 amide bonds. The first-order valence-corrected chi connectivity index (χ1v) is 5.81. The number of benzene rings is 1. The van der Waals surface area contributed by atoms with Crippen molar-refractivity contribution >= 4 is 13.8 Å². The minimum Gasteiger partial charge on any atom is -0.183 e. The van der Waals surface area contributed by atoms with Gasteiger partial charge in [-0.25, -0.2) is 0 Å². The van der Waals surface area contributed by atoms with Crippen LogP contribution in [0.2, 0.25) is 0 Å². The molecule has 0 radical (unpaired) electrons. The van der Waals surface area contributed by atoms with Crippen LogP contribution in [0.5, 0.6) is 0 Å². The third-order valence-electron chi connectivity index (χ3n) is 1.14. The van der Waals surface area contributed by atoms with Gasteiger partial charge in [-0.3, -0.25) is 0 Å². The molecular weight excluding hydrogens is 269 g/mol. The Bertz CT molecular complexity index is 262. The summed E-state index contributed by atoms with van der Waals surface area (Å²) in [5.74, 6) is 0. The molecule has 0 N–H and O–H groups in total. The number of hydrogen-bond acceptors (Lipinski definition) is 1. The van der Waals surface area contributed by atoms with Gasteiger partial charge in [-0.2, -0.15) is 8.39 Å². The summed E-state index contributed by atoms with van der Waals surface area (Å²) in [6.45, 7) is 5.73. The quantitative estimate of drug-likeness (QED) is 0.562. The van der Waals surface area contributed by atoms with Gasteiger partial charge in [0, 0.05) is 5.30 Å². The molecule has 0 aliphatic rings. The summed E-state index contributed by atoms with van der Waals surface area (Å²) < 4.78 is 28.2. The zero-order valence-electron chi connectivity index (χ0n) is 8.80. The zero-order chi connectivity index (χ0) is 11.9. The Hall–Kier alpha value is -0.0105. The molecule has 0 fully saturated rings. The van der Waals surface area contributed by atoms with Crippen molar-refractivity contribution in [1.29, 1.82) is 0 Å². The van der Waals surface area contributed by atoms with E-state index in [0.717, 1.165) is 0 Å². The second-order valence-corrected chi connectivity index (χ2v) is 4.92. The Balaban J connectivity index is 0.000000288. The maximum Gasteiger partial charge on any atom is 0.298 e. The van der Waals surface area contributed by atoms with Crippen molar-refractivity contribution in [2.75, 3.05) is 0 Å². The average molecular weight is 283 g/mol. The molecule has 0 aromatic heterocycles. The third kappa shape index (κ3) is 8.95. The van der Waals surface area contributed by atoms with Gasteiger partial charge in [-0.05, 0) is 12.1 Å². The maximum atomic E-state index is 11.8. The van der Waals surface area contributed by atoms with Crippen molar-refractivity contribution in [3.05, 3.63) is 30.3 Å². The Morgan fingerprint density at radius 1 is 1.13 bits per heavy atom. The van der Waals surface area contributed by atoms with Gasteiger partial charge in [0.25, 0.3) is 8.54 Å². The number of halogens is 2. The van der Waals surface area contributed by atoms with Crippen LogP contribution >= 0.6 is 8.54 Å². The fraction of sp³-hybridized carbons (Fsp3) is 0.400. The van der Waals surface area contributed by atoms with Gasteiger partial charge in [0.1, 0.15) is 0 Å². The molecule has 1 rings (SSSR count). The van der Waals surface area contributed by atoms with Crippen molar-refractivity contribution in [2.45, 2.75) is 26.4 Å². The molecule has 0 atom stereocenters. The van der Waals surface area contributed by atoms with Crippen LogP contribution in [0.15, 0.2) is 30.3 Å². The maximum absolute atomic E-state index is 11.8. The van der Waals surface area contributed by atoms with E-state index in [1.807, 2.05) is 20.8 Å². The predicted octanol–water partition coefficient (Wildman–Crippen LogP) is 3.83. The van der Waals surface area contributed by atoms with Crippen LogP contribution in [-0.2, 0) is 20.2 Å². The molecule has 1 aromatic carbocycles. The normalized spacial score (nSPS) is 10.9. The molecule has 0 aliphatic carbocycles. The molecule has 0 bridgehead atoms. The average Bonchev–Trinajstić information content (AvgIpc) is 2.19. The first-order chi connectivity index (χ1) is 6.87. The minimum atomic E-state index is -2.90. The molecule has 0 saturated heterocycles. The largest absolute Gasteiger partial charge is 0.298 e. The van der Waals surface area contributed by atoms with Crippen molar-refractivity contribution in [3.8, 4) is 0 Å². The van der Waals surface area contributed by atoms with E-state index in [9.17, 15) is 8.39 Å². The van der Waals surface area contributed by atoms with Gasteiger partial charge in [0.05, 0.1) is 0 Å². The van der Waals surface area contributed by atoms with Gasteiger partial charge in [0.15, 0.2) is 0 Å². The Morgan fingerprint density at radius 2 is 1.53 bits per heavy atom. The van der Waals surface area contributed by atoms with Crippen LogP contribution in [-0.4, -0.2) is 5.60 Å². The van der Waals surface area contributed by atoms with E-state index in [2.05, 4.69) is 20.2 Å². The second-order valence-electron chi connectivity index (χ2n) is 3.74. The molecule has 90 valence electrons. The molecule has 1 nitrogen and oxygen atoms in total. The van der Waals surface area contributed by atoms with Crippen molar-refractivity contribution in [1.82, 2.24) is 0 Å². The van der Waals surface area contributed by atoms with E-state index in [0.29, 0.717) is 0 Å². The van der Waals surface area contributed by atoms with E-state index in [1.165, 1.54) is 12.1 Å². The van der Waals surface area contributed by atoms with Crippen LogP contribution in [0.4, 0.5) is 8.39 Å². The van der Waals surface area contributed by atoms with Gasteiger partial charge >= 0.3 is 46.5 Å². The molecule has 0 spiro atoms. The van der Waals surface area contributed by atoms with Crippen molar-refractivity contribution in [2.24, 2.45) is 0 Å². The van der Waals surface area contributed by atoms with Gasteiger partial charge < -0.3 is 0 Å². The SMILES string of the molecule is CC(C)(C)[O][Cu].FP(F)c1ccccc1. The summed E-state index contributed by atoms with van der Waals surface area (Å²) in [5, 5.41) is 0.146. The van der Waals surface area contributed by atoms with E-state index in [1.54, 1.807) is 18.2 Å². The summed E-state index contributed by atoms with van der Waals surface area (Å²) >= 11 is 4.42. The van der Waals surface area contributed by atoms with Crippen LogP contribution in [0.3, 0.4) is 0 Å². The summed E-state index contributed by atoms with van der Waals surface area (Å²) in [6, 6.07) is 7.83. The van der Waals surface area contributed by atoms with E-state index in [4.69, 9.17) is 0 Å². The topological polar surface area (TPSA) is 9.23 Å². The smallest absolute Gasteiger partial charge is 0.183 e. The monoisotopic (exact) mass is 282 g/mol. The minimum absolute atomic E-state index is 0.146. The Kier molecular flexibility index (Phi) is 7.29. The van der Waals surface area contributed by atoms with Crippen molar-refractivity contribution < 1.29 is 28.6 Å². The zero-order valence-corrected chi connectivity index (χ0v) is 10.6. The van der Waals surface area contributed by atoms with Gasteiger partial charge in [0.2, 0.25) is 0 Å². The first kappa shape index (κ1) is 15.0. The number of hydrogen-bond donors (Lipinski definition) is 0. The predicted molar refractivity (Wildman–Crippen MR) is 56.1 cm³/mol. The molecule has 0 heterocycles. The van der Waals surface area contributed by atoms with Crippen LogP contribution in [0, 0.1) is 0 Å². The summed E-state index contributed by atoms with van der Waals surface area (Å²) in [5.41, 5.74) is -0.153. The number of rotatable bonds is 1. The fourth-order valence-electron chi connectivity index (χ4n) is 0.541. The Labute approximate surface area is 99.3 Å². The molecule has 15 heavy (non-hydrogen) atoms. The van der Waals surface area contributed by atoms with E-state index in [-0.39, 0.29) is 10.9 Å². The van der Waals surface area contributed by atoms with Gasteiger partial charge in [-0.15, -0.1) is 0 Å². The van der Waals surface area contributed by atoms with Crippen LogP contribution in [0.25, 0.3) is 0 Å². The molecule has 1 aromatic rings. The molecule has 0 saturated carbocycles. The Morgan fingerprint density at radius 3 is 1.73 bits per heavy atom. The fourth-order valence-corrected chi connectivity index (χ4v) is 0.938. The van der Waals surface area contributed by atoms with Gasteiger partial charge in [-0.1, -0.05) is 18.2 Å². The van der Waals surface area contributed by atoms with E-state index < -0.39 is 8.54 Å².